The third-order valence-electron chi connectivity index (χ3n) is 5.57. The molecule has 0 fully saturated rings. The first-order valence-electron chi connectivity index (χ1n) is 11.1. The lowest BCUT2D eigenvalue weighted by atomic mass is 10.1. The minimum atomic E-state index is -0.112. The molecule has 36 heavy (non-hydrogen) atoms. The zero-order valence-corrected chi connectivity index (χ0v) is 21.6. The average molecular weight is 506 g/mol. The van der Waals surface area contributed by atoms with Crippen molar-refractivity contribution in [1.82, 2.24) is 14.8 Å². The number of methoxy groups -OCH3 is 4. The second kappa shape index (κ2) is 11.2. The largest absolute Gasteiger partial charge is 0.497 e. The molecule has 4 aromatic rings. The highest BCUT2D eigenvalue weighted by atomic mass is 32.2. The van der Waals surface area contributed by atoms with Crippen LogP contribution in [0.5, 0.6) is 23.0 Å². The van der Waals surface area contributed by atoms with E-state index in [0.29, 0.717) is 39.5 Å². The maximum atomic E-state index is 13.2. The fourth-order valence-electron chi connectivity index (χ4n) is 3.65. The van der Waals surface area contributed by atoms with Crippen LogP contribution in [0, 0.1) is 6.92 Å². The van der Waals surface area contributed by atoms with Gasteiger partial charge in [-0.2, -0.15) is 0 Å². The van der Waals surface area contributed by atoms with Crippen LogP contribution in [0.3, 0.4) is 0 Å². The Morgan fingerprint density at radius 1 is 0.806 bits per heavy atom. The Balaban J connectivity index is 1.73. The predicted octanol–water partition coefficient (Wildman–Crippen LogP) is 5.25. The summed E-state index contributed by atoms with van der Waals surface area (Å²) in [5.74, 6) is 2.97. The molecule has 0 aliphatic carbocycles. The number of aryl methyl sites for hydroxylation is 1. The van der Waals surface area contributed by atoms with Gasteiger partial charge in [-0.15, -0.1) is 10.2 Å². The number of carbonyl (C=O) groups excluding carboxylic acids is 1. The van der Waals surface area contributed by atoms with Crippen LogP contribution in [0.4, 0.5) is 0 Å². The number of hydrogen-bond donors (Lipinski definition) is 0. The van der Waals surface area contributed by atoms with Crippen molar-refractivity contribution in [3.8, 4) is 40.1 Å². The first-order chi connectivity index (χ1) is 17.5. The molecule has 0 N–H and O–H groups in total. The summed E-state index contributed by atoms with van der Waals surface area (Å²) in [6.45, 7) is 2.03. The highest BCUT2D eigenvalue weighted by Crippen LogP contribution is 2.34. The van der Waals surface area contributed by atoms with Gasteiger partial charge in [0.15, 0.2) is 16.8 Å². The third-order valence-corrected chi connectivity index (χ3v) is 6.50. The minimum absolute atomic E-state index is 0.112. The van der Waals surface area contributed by atoms with Crippen LogP contribution < -0.4 is 18.9 Å². The SMILES string of the molecule is COc1cc(OC)cc(-c2nnc(SCC(=O)c3cc(OC)ccc3OC)n2-c2ccc(C)cc2)c1. The molecular weight excluding hydrogens is 478 g/mol. The van der Waals surface area contributed by atoms with Gasteiger partial charge in [-0.1, -0.05) is 29.5 Å². The van der Waals surface area contributed by atoms with Gasteiger partial charge in [0.05, 0.1) is 39.8 Å². The second-order valence-electron chi connectivity index (χ2n) is 7.86. The molecule has 8 nitrogen and oxygen atoms in total. The van der Waals surface area contributed by atoms with Crippen LogP contribution in [0.15, 0.2) is 65.8 Å². The smallest absolute Gasteiger partial charge is 0.196 e. The molecule has 0 atom stereocenters. The summed E-state index contributed by atoms with van der Waals surface area (Å²) in [4.78, 5) is 13.2. The number of nitrogens with zero attached hydrogens (tertiary/aromatic N) is 3. The van der Waals surface area contributed by atoms with Crippen molar-refractivity contribution in [3.63, 3.8) is 0 Å². The van der Waals surface area contributed by atoms with E-state index in [-0.39, 0.29) is 11.5 Å². The van der Waals surface area contributed by atoms with Gasteiger partial charge in [-0.05, 0) is 49.4 Å². The number of benzene rings is 3. The Kier molecular flexibility index (Phi) is 7.80. The van der Waals surface area contributed by atoms with Crippen molar-refractivity contribution in [1.29, 1.82) is 0 Å². The quantitative estimate of drug-likeness (QED) is 0.213. The number of carbonyl (C=O) groups is 1. The first kappa shape index (κ1) is 25.1. The molecular formula is C27H27N3O5S. The number of ether oxygens (including phenoxy) is 4. The van der Waals surface area contributed by atoms with Crippen LogP contribution >= 0.6 is 11.8 Å². The van der Waals surface area contributed by atoms with Crippen molar-refractivity contribution in [2.24, 2.45) is 0 Å². The van der Waals surface area contributed by atoms with Gasteiger partial charge < -0.3 is 18.9 Å². The maximum absolute atomic E-state index is 13.2. The standard InChI is InChI=1S/C27H27N3O5S/c1-17-6-8-19(9-7-17)30-26(18-12-21(33-3)14-22(13-18)34-4)28-29-27(30)36-16-24(31)23-15-20(32-2)10-11-25(23)35-5/h6-15H,16H2,1-5H3. The molecule has 0 bridgehead atoms. The predicted molar refractivity (Wildman–Crippen MR) is 139 cm³/mol. The molecule has 186 valence electrons. The van der Waals surface area contributed by atoms with Crippen LogP contribution in [-0.4, -0.2) is 54.7 Å². The molecule has 0 radical (unpaired) electrons. The molecule has 0 saturated heterocycles. The molecule has 0 aliphatic rings. The summed E-state index contributed by atoms with van der Waals surface area (Å²) in [6.07, 6.45) is 0. The van der Waals surface area contributed by atoms with E-state index in [1.807, 2.05) is 47.9 Å². The molecule has 4 rings (SSSR count). The topological polar surface area (TPSA) is 84.7 Å². The Hall–Kier alpha value is -3.98. The number of hydrogen-bond acceptors (Lipinski definition) is 8. The number of Topliss-reactive ketones (excluding diaryl/α,β-unsaturated/α-hetero) is 1. The summed E-state index contributed by atoms with van der Waals surface area (Å²) in [5.41, 5.74) is 3.22. The van der Waals surface area contributed by atoms with E-state index in [1.165, 1.54) is 18.9 Å². The molecule has 1 aromatic heterocycles. The lowest BCUT2D eigenvalue weighted by molar-refractivity contribution is 0.101. The molecule has 9 heteroatoms. The summed E-state index contributed by atoms with van der Waals surface area (Å²) >= 11 is 1.30. The zero-order chi connectivity index (χ0) is 25.7. The van der Waals surface area contributed by atoms with Crippen LogP contribution in [0.1, 0.15) is 15.9 Å². The number of thioether (sulfide) groups is 1. The summed E-state index contributed by atoms with van der Waals surface area (Å²) in [7, 11) is 6.30. The number of aromatic nitrogens is 3. The first-order valence-corrected chi connectivity index (χ1v) is 12.1. The van der Waals surface area contributed by atoms with Gasteiger partial charge in [-0.25, -0.2) is 0 Å². The Labute approximate surface area is 214 Å². The van der Waals surface area contributed by atoms with Crippen molar-refractivity contribution >= 4 is 17.5 Å². The van der Waals surface area contributed by atoms with Crippen molar-refractivity contribution in [2.75, 3.05) is 34.2 Å². The molecule has 0 saturated carbocycles. The van der Waals surface area contributed by atoms with Gasteiger partial charge >= 0.3 is 0 Å². The van der Waals surface area contributed by atoms with Crippen LogP contribution in [0.2, 0.25) is 0 Å². The molecule has 0 amide bonds. The van der Waals surface area contributed by atoms with Gasteiger partial charge in [0.1, 0.15) is 23.0 Å². The van der Waals surface area contributed by atoms with Crippen molar-refractivity contribution in [3.05, 3.63) is 71.8 Å². The van der Waals surface area contributed by atoms with Crippen molar-refractivity contribution < 1.29 is 23.7 Å². The van der Waals surface area contributed by atoms with E-state index >= 15 is 0 Å². The van der Waals surface area contributed by atoms with E-state index in [9.17, 15) is 4.79 Å². The van der Waals surface area contributed by atoms with Gasteiger partial charge in [0.2, 0.25) is 0 Å². The monoisotopic (exact) mass is 505 g/mol. The lowest BCUT2D eigenvalue weighted by Gasteiger charge is -2.13. The van der Waals surface area contributed by atoms with Gasteiger partial charge in [0, 0.05) is 17.3 Å². The van der Waals surface area contributed by atoms with E-state index in [0.717, 1.165) is 16.8 Å². The molecule has 0 aliphatic heterocycles. The minimum Gasteiger partial charge on any atom is -0.497 e. The van der Waals surface area contributed by atoms with E-state index in [1.54, 1.807) is 45.6 Å². The second-order valence-corrected chi connectivity index (χ2v) is 8.80. The lowest BCUT2D eigenvalue weighted by Crippen LogP contribution is -2.07. The summed E-state index contributed by atoms with van der Waals surface area (Å²) in [5, 5.41) is 9.48. The van der Waals surface area contributed by atoms with Crippen LogP contribution in [-0.2, 0) is 0 Å². The Bertz CT molecular complexity index is 1350. The van der Waals surface area contributed by atoms with E-state index in [4.69, 9.17) is 18.9 Å². The Morgan fingerprint density at radius 3 is 2.08 bits per heavy atom. The zero-order valence-electron chi connectivity index (χ0n) is 20.8. The number of rotatable bonds is 10. The summed E-state index contributed by atoms with van der Waals surface area (Å²) < 4.78 is 23.5. The van der Waals surface area contributed by atoms with Crippen molar-refractivity contribution in [2.45, 2.75) is 12.1 Å². The summed E-state index contributed by atoms with van der Waals surface area (Å²) in [6, 6.07) is 18.7. The highest BCUT2D eigenvalue weighted by Gasteiger charge is 2.20. The number of ketones is 1. The molecule has 3 aromatic carbocycles. The van der Waals surface area contributed by atoms with Gasteiger partial charge in [0.25, 0.3) is 0 Å². The fraction of sp³-hybridized carbons (Fsp3) is 0.222. The highest BCUT2D eigenvalue weighted by molar-refractivity contribution is 7.99. The van der Waals surface area contributed by atoms with E-state index < -0.39 is 0 Å². The fourth-order valence-corrected chi connectivity index (χ4v) is 4.49. The van der Waals surface area contributed by atoms with E-state index in [2.05, 4.69) is 10.2 Å². The molecule has 1 heterocycles. The molecule has 0 unspecified atom stereocenters. The average Bonchev–Trinajstić information content (AvgIpc) is 3.35. The van der Waals surface area contributed by atoms with Crippen LogP contribution in [0.25, 0.3) is 17.1 Å². The Morgan fingerprint density at radius 2 is 1.47 bits per heavy atom. The maximum Gasteiger partial charge on any atom is 0.196 e. The third kappa shape index (κ3) is 5.31. The normalized spacial score (nSPS) is 10.7. The molecule has 0 spiro atoms. The van der Waals surface area contributed by atoms with Gasteiger partial charge in [-0.3, -0.25) is 9.36 Å².